The summed E-state index contributed by atoms with van der Waals surface area (Å²) < 4.78 is 0. The standard InChI is InChI=1S/C17H15N3O3/c21-15(8-3-5-18-6-4-8)19-20-16(22)13-9-1-2-10(12-7-11(9)12)14(13)17(20)23/h1-6,9-14H,7H2,(H,19,21)/t9-,10-,11-,12-,13+,14+/m1/s1. The second-order valence-corrected chi connectivity index (χ2v) is 6.84. The van der Waals surface area contributed by atoms with Crippen molar-refractivity contribution in [3.05, 3.63) is 42.2 Å². The van der Waals surface area contributed by atoms with E-state index in [1.54, 1.807) is 12.1 Å². The van der Waals surface area contributed by atoms with Crippen molar-refractivity contribution < 1.29 is 14.4 Å². The van der Waals surface area contributed by atoms with Crippen LogP contribution in [-0.2, 0) is 9.59 Å². The first-order valence-electron chi connectivity index (χ1n) is 7.94. The van der Waals surface area contributed by atoms with Gasteiger partial charge in [0, 0.05) is 18.0 Å². The van der Waals surface area contributed by atoms with Gasteiger partial charge in [-0.15, -0.1) is 0 Å². The Kier molecular flexibility index (Phi) is 2.42. The molecule has 1 N–H and O–H groups in total. The largest absolute Gasteiger partial charge is 0.272 e. The SMILES string of the molecule is O=C(NN1C(=O)[C@H]2[C@@H]3C=C[C@H]([C@H]4C[C@H]34)[C@@H]2C1=O)c1ccncc1. The van der Waals surface area contributed by atoms with Gasteiger partial charge in [-0.1, -0.05) is 12.2 Å². The molecule has 0 aromatic carbocycles. The highest BCUT2D eigenvalue weighted by atomic mass is 16.2. The van der Waals surface area contributed by atoms with E-state index in [0.717, 1.165) is 11.4 Å². The van der Waals surface area contributed by atoms with Crippen molar-refractivity contribution in [2.75, 3.05) is 0 Å². The van der Waals surface area contributed by atoms with Crippen LogP contribution in [0.5, 0.6) is 0 Å². The maximum Gasteiger partial charge on any atom is 0.270 e. The molecule has 0 unspecified atom stereocenters. The summed E-state index contributed by atoms with van der Waals surface area (Å²) in [5.41, 5.74) is 2.86. The maximum absolute atomic E-state index is 12.7. The quantitative estimate of drug-likeness (QED) is 0.647. The summed E-state index contributed by atoms with van der Waals surface area (Å²) in [6, 6.07) is 3.10. The Hall–Kier alpha value is -2.50. The third kappa shape index (κ3) is 1.63. The van der Waals surface area contributed by atoms with Gasteiger partial charge in [0.1, 0.15) is 0 Å². The number of nitrogens with one attached hydrogen (secondary N) is 1. The summed E-state index contributed by atoms with van der Waals surface area (Å²) in [6.07, 6.45) is 8.35. The van der Waals surface area contributed by atoms with Gasteiger partial charge in [0.2, 0.25) is 0 Å². The lowest BCUT2D eigenvalue weighted by Crippen LogP contribution is -2.46. The molecule has 6 heteroatoms. The van der Waals surface area contributed by atoms with Crippen molar-refractivity contribution in [2.24, 2.45) is 35.5 Å². The summed E-state index contributed by atoms with van der Waals surface area (Å²) in [4.78, 5) is 41.5. The molecular weight excluding hydrogens is 294 g/mol. The van der Waals surface area contributed by atoms with Crippen molar-refractivity contribution in [1.82, 2.24) is 15.4 Å². The van der Waals surface area contributed by atoms with E-state index in [-0.39, 0.29) is 35.5 Å². The fourth-order valence-electron chi connectivity index (χ4n) is 4.74. The number of hydrogen-bond acceptors (Lipinski definition) is 4. The minimum absolute atomic E-state index is 0.161. The molecule has 6 nitrogen and oxygen atoms in total. The lowest BCUT2D eigenvalue weighted by atomic mass is 9.63. The van der Waals surface area contributed by atoms with E-state index in [4.69, 9.17) is 0 Å². The molecule has 6 rings (SSSR count). The number of carbonyl (C=O) groups excluding carboxylic acids is 3. The summed E-state index contributed by atoms with van der Waals surface area (Å²) in [5, 5.41) is 0.954. The molecule has 1 aromatic rings. The second kappa shape index (κ2) is 4.28. The first-order valence-corrected chi connectivity index (χ1v) is 7.94. The Morgan fingerprint density at radius 3 is 2.17 bits per heavy atom. The number of rotatable bonds is 2. The second-order valence-electron chi connectivity index (χ2n) is 6.84. The van der Waals surface area contributed by atoms with E-state index in [0.29, 0.717) is 17.4 Å². The van der Waals surface area contributed by atoms with Gasteiger partial charge in [-0.05, 0) is 42.2 Å². The van der Waals surface area contributed by atoms with Crippen LogP contribution < -0.4 is 5.43 Å². The molecule has 2 saturated carbocycles. The van der Waals surface area contributed by atoms with Crippen molar-refractivity contribution in [3.8, 4) is 0 Å². The average Bonchev–Trinajstić information content (AvgIpc) is 3.37. The molecule has 2 bridgehead atoms. The minimum Gasteiger partial charge on any atom is -0.272 e. The molecule has 6 atom stereocenters. The van der Waals surface area contributed by atoms with Crippen LogP contribution in [-0.4, -0.2) is 27.7 Å². The van der Waals surface area contributed by atoms with Crippen molar-refractivity contribution in [1.29, 1.82) is 0 Å². The number of nitrogens with zero attached hydrogens (tertiary/aromatic N) is 2. The smallest absolute Gasteiger partial charge is 0.270 e. The zero-order valence-electron chi connectivity index (χ0n) is 12.3. The average molecular weight is 309 g/mol. The van der Waals surface area contributed by atoms with Crippen LogP contribution in [0.15, 0.2) is 36.7 Å². The van der Waals surface area contributed by atoms with Crippen LogP contribution >= 0.6 is 0 Å². The maximum atomic E-state index is 12.7. The summed E-state index contributed by atoms with van der Waals surface area (Å²) >= 11 is 0. The first kappa shape index (κ1) is 13.0. The highest BCUT2D eigenvalue weighted by molar-refractivity contribution is 6.08. The van der Waals surface area contributed by atoms with Crippen molar-refractivity contribution in [2.45, 2.75) is 6.42 Å². The van der Waals surface area contributed by atoms with Crippen LogP contribution in [0.25, 0.3) is 0 Å². The number of amides is 3. The third-order valence-electron chi connectivity index (χ3n) is 5.82. The summed E-state index contributed by atoms with van der Waals surface area (Å²) in [7, 11) is 0. The Balaban J connectivity index is 1.42. The Morgan fingerprint density at radius 2 is 1.61 bits per heavy atom. The molecule has 4 aliphatic carbocycles. The number of aromatic nitrogens is 1. The number of pyridine rings is 1. The topological polar surface area (TPSA) is 79.4 Å². The fraction of sp³-hybridized carbons (Fsp3) is 0.412. The Morgan fingerprint density at radius 1 is 1.04 bits per heavy atom. The number of carbonyl (C=O) groups is 3. The highest BCUT2D eigenvalue weighted by Gasteiger charge is 2.67. The minimum atomic E-state index is -0.460. The number of hydrogen-bond donors (Lipinski definition) is 1. The van der Waals surface area contributed by atoms with E-state index in [1.165, 1.54) is 12.4 Å². The van der Waals surface area contributed by atoms with Gasteiger partial charge in [0.15, 0.2) is 0 Å². The van der Waals surface area contributed by atoms with Crippen LogP contribution in [0.4, 0.5) is 0 Å². The van der Waals surface area contributed by atoms with Gasteiger partial charge in [-0.3, -0.25) is 24.8 Å². The van der Waals surface area contributed by atoms with Crippen LogP contribution in [0.1, 0.15) is 16.8 Å². The van der Waals surface area contributed by atoms with E-state index in [1.807, 2.05) is 0 Å². The predicted octanol–water partition coefficient (Wildman–Crippen LogP) is 0.779. The Bertz CT molecular complexity index is 724. The molecule has 1 aromatic heterocycles. The predicted molar refractivity (Wildman–Crippen MR) is 78.3 cm³/mol. The molecule has 3 amide bonds. The van der Waals surface area contributed by atoms with Crippen molar-refractivity contribution in [3.63, 3.8) is 0 Å². The monoisotopic (exact) mass is 309 g/mol. The lowest BCUT2D eigenvalue weighted by molar-refractivity contribution is -0.143. The van der Waals surface area contributed by atoms with Gasteiger partial charge in [-0.25, -0.2) is 0 Å². The molecular formula is C17H15N3O3. The fourth-order valence-corrected chi connectivity index (χ4v) is 4.74. The molecule has 2 heterocycles. The molecule has 5 aliphatic rings. The molecule has 0 radical (unpaired) electrons. The molecule has 1 aliphatic heterocycles. The molecule has 0 spiro atoms. The van der Waals surface area contributed by atoms with Crippen LogP contribution in [0.2, 0.25) is 0 Å². The number of allylic oxidation sites excluding steroid dienone is 2. The highest BCUT2D eigenvalue weighted by Crippen LogP contribution is 2.65. The third-order valence-corrected chi connectivity index (χ3v) is 5.82. The first-order chi connectivity index (χ1) is 11.2. The van der Waals surface area contributed by atoms with Gasteiger partial charge < -0.3 is 0 Å². The number of hydrazine groups is 1. The van der Waals surface area contributed by atoms with Gasteiger partial charge in [0.25, 0.3) is 17.7 Å². The van der Waals surface area contributed by atoms with E-state index >= 15 is 0 Å². The number of imide groups is 1. The lowest BCUT2D eigenvalue weighted by Gasteiger charge is -2.37. The van der Waals surface area contributed by atoms with E-state index in [2.05, 4.69) is 22.6 Å². The zero-order valence-corrected chi connectivity index (χ0v) is 12.3. The van der Waals surface area contributed by atoms with Gasteiger partial charge in [-0.2, -0.15) is 5.01 Å². The van der Waals surface area contributed by atoms with E-state index < -0.39 is 5.91 Å². The Labute approximate surface area is 132 Å². The van der Waals surface area contributed by atoms with Crippen LogP contribution in [0, 0.1) is 35.5 Å². The van der Waals surface area contributed by atoms with Crippen LogP contribution in [0.3, 0.4) is 0 Å². The summed E-state index contributed by atoms with van der Waals surface area (Å²) in [5.74, 6) is -0.128. The molecule has 116 valence electrons. The van der Waals surface area contributed by atoms with Crippen molar-refractivity contribution >= 4 is 17.7 Å². The van der Waals surface area contributed by atoms with Gasteiger partial charge in [0.05, 0.1) is 11.8 Å². The summed E-state index contributed by atoms with van der Waals surface area (Å²) in [6.45, 7) is 0. The molecule has 23 heavy (non-hydrogen) atoms. The normalized spacial score (nSPS) is 39.2. The molecule has 1 saturated heterocycles. The van der Waals surface area contributed by atoms with E-state index in [9.17, 15) is 14.4 Å². The molecule has 3 fully saturated rings. The van der Waals surface area contributed by atoms with Gasteiger partial charge >= 0.3 is 0 Å². The zero-order chi connectivity index (χ0) is 15.7.